The Morgan fingerprint density at radius 3 is 2.77 bits per heavy atom. The van der Waals surface area contributed by atoms with Crippen molar-refractivity contribution in [2.75, 3.05) is 18.5 Å². The molecule has 0 saturated carbocycles. The van der Waals surface area contributed by atoms with Crippen molar-refractivity contribution in [1.82, 2.24) is 14.8 Å². The third-order valence-corrected chi connectivity index (χ3v) is 5.09. The van der Waals surface area contributed by atoms with Crippen molar-refractivity contribution < 1.29 is 18.7 Å². The number of fused-ring (bicyclic) bond motifs is 2. The van der Waals surface area contributed by atoms with Crippen LogP contribution in [0.15, 0.2) is 52.9 Å². The lowest BCUT2D eigenvalue weighted by Gasteiger charge is -2.19. The molecule has 0 saturated heterocycles. The summed E-state index contributed by atoms with van der Waals surface area (Å²) in [6.07, 6.45) is 1.64. The van der Waals surface area contributed by atoms with E-state index in [1.807, 2.05) is 34.9 Å². The molecule has 3 heterocycles. The Morgan fingerprint density at radius 1 is 1.06 bits per heavy atom. The third kappa shape index (κ3) is 3.84. The highest BCUT2D eigenvalue weighted by molar-refractivity contribution is 5.94. The van der Waals surface area contributed by atoms with Gasteiger partial charge in [0.2, 0.25) is 11.8 Å². The zero-order chi connectivity index (χ0) is 21.2. The number of hydrogen-bond donors (Lipinski definition) is 1. The van der Waals surface area contributed by atoms with Gasteiger partial charge < -0.3 is 23.8 Å². The summed E-state index contributed by atoms with van der Waals surface area (Å²) in [4.78, 5) is 12.9. The Hall–Kier alpha value is -3.81. The Morgan fingerprint density at radius 2 is 1.90 bits per heavy atom. The maximum atomic E-state index is 12.9. The normalized spacial score (nSPS) is 12.8. The topological polar surface area (TPSA) is 91.4 Å². The highest BCUT2D eigenvalue weighted by Crippen LogP contribution is 2.33. The van der Waals surface area contributed by atoms with Crippen LogP contribution in [0.25, 0.3) is 22.5 Å². The number of rotatable bonds is 6. The van der Waals surface area contributed by atoms with E-state index < -0.39 is 0 Å². The molecule has 158 valence electrons. The summed E-state index contributed by atoms with van der Waals surface area (Å²) >= 11 is 0. The maximum Gasteiger partial charge on any atom is 0.264 e. The summed E-state index contributed by atoms with van der Waals surface area (Å²) in [5, 5.41) is 12.3. The van der Waals surface area contributed by atoms with Gasteiger partial charge in [0.1, 0.15) is 25.5 Å². The number of anilines is 1. The number of para-hydroxylation sites is 1. The third-order valence-electron chi connectivity index (χ3n) is 5.09. The van der Waals surface area contributed by atoms with Gasteiger partial charge >= 0.3 is 0 Å². The van der Waals surface area contributed by atoms with E-state index in [0.717, 1.165) is 23.7 Å². The molecule has 1 aliphatic heterocycles. The van der Waals surface area contributed by atoms with Crippen LogP contribution in [0.4, 0.5) is 5.69 Å². The second-order valence-electron chi connectivity index (χ2n) is 7.33. The maximum absolute atomic E-state index is 12.9. The minimum atomic E-state index is -0.174. The molecule has 31 heavy (non-hydrogen) atoms. The quantitative estimate of drug-likeness (QED) is 0.508. The molecule has 1 aliphatic rings. The van der Waals surface area contributed by atoms with Crippen molar-refractivity contribution in [3.8, 4) is 23.1 Å². The molecule has 5 rings (SSSR count). The van der Waals surface area contributed by atoms with Gasteiger partial charge in [0, 0.05) is 29.1 Å². The summed E-state index contributed by atoms with van der Waals surface area (Å²) < 4.78 is 18.9. The van der Waals surface area contributed by atoms with Crippen LogP contribution in [0.1, 0.15) is 19.2 Å². The van der Waals surface area contributed by atoms with Crippen LogP contribution in [-0.4, -0.2) is 33.9 Å². The van der Waals surface area contributed by atoms with Gasteiger partial charge in [-0.1, -0.05) is 25.1 Å². The fourth-order valence-electron chi connectivity index (χ4n) is 3.70. The van der Waals surface area contributed by atoms with Gasteiger partial charge in [-0.3, -0.25) is 4.79 Å². The summed E-state index contributed by atoms with van der Waals surface area (Å²) in [6.45, 7) is 3.18. The number of nitrogens with zero attached hydrogens (tertiary/aromatic N) is 3. The fraction of sp³-hybridized carbons (Fsp3) is 0.261. The molecule has 8 nitrogen and oxygen atoms in total. The van der Waals surface area contributed by atoms with E-state index in [-0.39, 0.29) is 12.5 Å². The summed E-state index contributed by atoms with van der Waals surface area (Å²) in [5.41, 5.74) is 2.29. The predicted octanol–water partition coefficient (Wildman–Crippen LogP) is 4.05. The van der Waals surface area contributed by atoms with E-state index in [9.17, 15) is 4.79 Å². The lowest BCUT2D eigenvalue weighted by molar-refractivity contribution is -0.116. The molecule has 8 heteroatoms. The molecule has 1 N–H and O–H groups in total. The molecule has 0 radical (unpaired) electrons. The molecule has 0 atom stereocenters. The van der Waals surface area contributed by atoms with E-state index in [4.69, 9.17) is 13.9 Å². The van der Waals surface area contributed by atoms with Gasteiger partial charge in [-0.25, -0.2) is 0 Å². The minimum absolute atomic E-state index is 0.1000. The van der Waals surface area contributed by atoms with Crippen LogP contribution in [0, 0.1) is 0 Å². The SMILES string of the molecule is CCCc1nnc(-c2cc3ccccc3n2CC(=O)Nc2ccc3c(c2)OCCO3)o1. The second kappa shape index (κ2) is 8.14. The number of carbonyl (C=O) groups is 1. The summed E-state index contributed by atoms with van der Waals surface area (Å²) in [6, 6.07) is 15.2. The molecular formula is C23H22N4O4. The van der Waals surface area contributed by atoms with Crippen LogP contribution in [0.2, 0.25) is 0 Å². The van der Waals surface area contributed by atoms with Gasteiger partial charge in [0.15, 0.2) is 11.5 Å². The zero-order valence-electron chi connectivity index (χ0n) is 17.1. The lowest BCUT2D eigenvalue weighted by Crippen LogP contribution is -2.20. The molecule has 2 aromatic carbocycles. The highest BCUT2D eigenvalue weighted by atomic mass is 16.6. The number of carbonyl (C=O) groups excluding carboxylic acids is 1. The number of benzene rings is 2. The van der Waals surface area contributed by atoms with Crippen LogP contribution in [0.5, 0.6) is 11.5 Å². The first-order valence-electron chi connectivity index (χ1n) is 10.3. The van der Waals surface area contributed by atoms with Crippen molar-refractivity contribution in [2.24, 2.45) is 0 Å². The van der Waals surface area contributed by atoms with Crippen molar-refractivity contribution in [3.63, 3.8) is 0 Å². The zero-order valence-corrected chi connectivity index (χ0v) is 17.1. The highest BCUT2D eigenvalue weighted by Gasteiger charge is 2.19. The second-order valence-corrected chi connectivity index (χ2v) is 7.33. The van der Waals surface area contributed by atoms with Gasteiger partial charge in [0.05, 0.1) is 0 Å². The van der Waals surface area contributed by atoms with E-state index in [2.05, 4.69) is 22.4 Å². The molecule has 0 unspecified atom stereocenters. The number of hydrogen-bond acceptors (Lipinski definition) is 6. The molecule has 0 fully saturated rings. The van der Waals surface area contributed by atoms with Gasteiger partial charge in [-0.2, -0.15) is 0 Å². The van der Waals surface area contributed by atoms with E-state index in [1.54, 1.807) is 18.2 Å². The van der Waals surface area contributed by atoms with Crippen LogP contribution >= 0.6 is 0 Å². The lowest BCUT2D eigenvalue weighted by atomic mass is 10.2. The summed E-state index contributed by atoms with van der Waals surface area (Å²) in [5.74, 6) is 2.14. The smallest absolute Gasteiger partial charge is 0.264 e. The Labute approximate surface area is 178 Å². The number of aromatic nitrogens is 3. The Bertz CT molecular complexity index is 1240. The van der Waals surface area contributed by atoms with E-state index >= 15 is 0 Å². The standard InChI is InChI=1S/C23H22N4O4/c1-2-5-22-25-26-23(31-22)18-12-15-6-3-4-7-17(15)27(18)14-21(28)24-16-8-9-19-20(13-16)30-11-10-29-19/h3-4,6-9,12-13H,2,5,10-11,14H2,1H3,(H,24,28). The van der Waals surface area contributed by atoms with Crippen molar-refractivity contribution in [1.29, 1.82) is 0 Å². The van der Waals surface area contributed by atoms with Crippen LogP contribution in [0.3, 0.4) is 0 Å². The molecule has 0 bridgehead atoms. The van der Waals surface area contributed by atoms with Crippen molar-refractivity contribution in [2.45, 2.75) is 26.3 Å². The van der Waals surface area contributed by atoms with Crippen molar-refractivity contribution >= 4 is 22.5 Å². The number of aryl methyl sites for hydroxylation is 1. The first-order valence-corrected chi connectivity index (χ1v) is 10.3. The predicted molar refractivity (Wildman–Crippen MR) is 115 cm³/mol. The van der Waals surface area contributed by atoms with Gasteiger partial charge in [0.25, 0.3) is 5.89 Å². The molecule has 4 aromatic rings. The molecule has 2 aromatic heterocycles. The fourth-order valence-corrected chi connectivity index (χ4v) is 3.70. The Kier molecular flexibility index (Phi) is 5.03. The number of nitrogens with one attached hydrogen (secondary N) is 1. The first-order chi connectivity index (χ1) is 15.2. The minimum Gasteiger partial charge on any atom is -0.486 e. The van der Waals surface area contributed by atoms with E-state index in [0.29, 0.717) is 47.9 Å². The van der Waals surface area contributed by atoms with Crippen molar-refractivity contribution in [3.05, 3.63) is 54.4 Å². The van der Waals surface area contributed by atoms with Gasteiger partial charge in [-0.15, -0.1) is 10.2 Å². The number of ether oxygens (including phenoxy) is 2. The Balaban J connectivity index is 1.43. The molecule has 0 spiro atoms. The molecule has 0 aliphatic carbocycles. The average molecular weight is 418 g/mol. The van der Waals surface area contributed by atoms with Crippen LogP contribution in [-0.2, 0) is 17.8 Å². The van der Waals surface area contributed by atoms with Gasteiger partial charge in [-0.05, 0) is 30.7 Å². The largest absolute Gasteiger partial charge is 0.486 e. The average Bonchev–Trinajstić information content (AvgIpc) is 3.39. The molecule has 1 amide bonds. The summed E-state index contributed by atoms with van der Waals surface area (Å²) in [7, 11) is 0. The number of amides is 1. The monoisotopic (exact) mass is 418 g/mol. The van der Waals surface area contributed by atoms with Crippen LogP contribution < -0.4 is 14.8 Å². The van der Waals surface area contributed by atoms with E-state index in [1.165, 1.54) is 0 Å². The molecular weight excluding hydrogens is 396 g/mol. The first kappa shape index (κ1) is 19.2.